The molecule has 0 aromatic carbocycles. The molecule has 0 radical (unpaired) electrons. The Labute approximate surface area is 122 Å². The summed E-state index contributed by atoms with van der Waals surface area (Å²) in [6.45, 7) is 0. The summed E-state index contributed by atoms with van der Waals surface area (Å²) in [4.78, 5) is 4.19. The van der Waals surface area contributed by atoms with E-state index in [1.54, 1.807) is 7.11 Å². The lowest BCUT2D eigenvalue weighted by atomic mass is 9.89. The number of hydrogen-bond donors (Lipinski definition) is 0. The van der Waals surface area contributed by atoms with Gasteiger partial charge in [0, 0.05) is 5.56 Å². The molecule has 1 fully saturated rings. The molecule has 0 saturated heterocycles. The first-order valence-electron chi connectivity index (χ1n) is 6.57. The molecule has 0 bridgehead atoms. The van der Waals surface area contributed by atoms with Crippen molar-refractivity contribution in [3.63, 3.8) is 0 Å². The predicted octanol–water partition coefficient (Wildman–Crippen LogP) is 4.32. The Balaban J connectivity index is 2.21. The van der Waals surface area contributed by atoms with E-state index in [2.05, 4.69) is 33.1 Å². The average Bonchev–Trinajstić information content (AvgIpc) is 2.46. The summed E-state index contributed by atoms with van der Waals surface area (Å²) in [5, 5.41) is 8.95. The minimum absolute atomic E-state index is 0.353. The lowest BCUT2D eigenvalue weighted by Crippen LogP contribution is -2.02. The zero-order valence-corrected chi connectivity index (χ0v) is 12.6. The maximum absolute atomic E-state index is 8.95. The molecule has 0 spiro atoms. The van der Waals surface area contributed by atoms with Crippen molar-refractivity contribution in [2.45, 2.75) is 32.1 Å². The van der Waals surface area contributed by atoms with E-state index in [-0.39, 0.29) is 0 Å². The van der Waals surface area contributed by atoms with Crippen LogP contribution in [0.15, 0.2) is 16.6 Å². The fraction of sp³-hybridized carbons (Fsp3) is 0.467. The lowest BCUT2D eigenvalue weighted by molar-refractivity contribution is 0.396. The fourth-order valence-corrected chi connectivity index (χ4v) is 2.84. The van der Waals surface area contributed by atoms with Crippen LogP contribution in [0.25, 0.3) is 6.08 Å². The first kappa shape index (κ1) is 14.1. The Hall–Kier alpha value is -1.34. The van der Waals surface area contributed by atoms with Crippen molar-refractivity contribution < 1.29 is 4.74 Å². The van der Waals surface area contributed by atoms with E-state index in [1.807, 2.05) is 12.1 Å². The largest absolute Gasteiger partial charge is 0.481 e. The van der Waals surface area contributed by atoms with Gasteiger partial charge in [0.2, 0.25) is 5.88 Å². The van der Waals surface area contributed by atoms with Gasteiger partial charge in [-0.1, -0.05) is 31.4 Å². The molecule has 3 nitrogen and oxygen atoms in total. The number of rotatable bonds is 3. The summed E-state index contributed by atoms with van der Waals surface area (Å²) < 4.78 is 5.96. The Kier molecular flexibility index (Phi) is 4.98. The summed E-state index contributed by atoms with van der Waals surface area (Å²) in [6.07, 6.45) is 10.8. The molecule has 1 aliphatic rings. The predicted molar refractivity (Wildman–Crippen MR) is 78.8 cm³/mol. The van der Waals surface area contributed by atoms with Crippen molar-refractivity contribution in [2.24, 2.45) is 5.92 Å². The third-order valence-electron chi connectivity index (χ3n) is 3.47. The summed E-state index contributed by atoms with van der Waals surface area (Å²) >= 11 is 3.36. The van der Waals surface area contributed by atoms with Crippen molar-refractivity contribution in [3.8, 4) is 11.9 Å². The standard InChI is InChI=1S/C15H17BrN2O/c1-19-15-12(9-13(16)14(10-17)18-15)8-7-11-5-3-2-4-6-11/h7-9,11H,2-6H2,1H3/b8-7+. The zero-order chi connectivity index (χ0) is 13.7. The van der Waals surface area contributed by atoms with Crippen LogP contribution < -0.4 is 4.74 Å². The molecule has 1 aromatic rings. The molecule has 1 aliphatic carbocycles. The van der Waals surface area contributed by atoms with Crippen LogP contribution in [0.2, 0.25) is 0 Å². The highest BCUT2D eigenvalue weighted by atomic mass is 79.9. The molecule has 0 N–H and O–H groups in total. The van der Waals surface area contributed by atoms with E-state index in [4.69, 9.17) is 10.00 Å². The molecular formula is C15H17BrN2O. The molecular weight excluding hydrogens is 304 g/mol. The van der Waals surface area contributed by atoms with Gasteiger partial charge in [0.15, 0.2) is 5.69 Å². The van der Waals surface area contributed by atoms with Crippen LogP contribution in [0, 0.1) is 17.2 Å². The number of methoxy groups -OCH3 is 1. The third kappa shape index (κ3) is 3.57. The molecule has 2 rings (SSSR count). The average molecular weight is 321 g/mol. The molecule has 0 unspecified atom stereocenters. The summed E-state index contributed by atoms with van der Waals surface area (Å²) in [5.41, 5.74) is 1.27. The maximum Gasteiger partial charge on any atom is 0.221 e. The number of nitriles is 1. The van der Waals surface area contributed by atoms with Crippen LogP contribution in [-0.4, -0.2) is 12.1 Å². The number of aromatic nitrogens is 1. The second-order valence-electron chi connectivity index (χ2n) is 4.79. The second kappa shape index (κ2) is 6.72. The third-order valence-corrected chi connectivity index (χ3v) is 4.07. The van der Waals surface area contributed by atoms with Gasteiger partial charge in [0.25, 0.3) is 0 Å². The van der Waals surface area contributed by atoms with Crippen molar-refractivity contribution >= 4 is 22.0 Å². The monoisotopic (exact) mass is 320 g/mol. The lowest BCUT2D eigenvalue weighted by Gasteiger charge is -2.17. The van der Waals surface area contributed by atoms with Gasteiger partial charge in [-0.3, -0.25) is 0 Å². The van der Waals surface area contributed by atoms with Gasteiger partial charge >= 0.3 is 0 Å². The van der Waals surface area contributed by atoms with E-state index < -0.39 is 0 Å². The van der Waals surface area contributed by atoms with Crippen LogP contribution >= 0.6 is 15.9 Å². The Morgan fingerprint density at radius 1 is 1.42 bits per heavy atom. The van der Waals surface area contributed by atoms with Gasteiger partial charge in [-0.2, -0.15) is 5.26 Å². The molecule has 1 heterocycles. The maximum atomic E-state index is 8.95. The van der Waals surface area contributed by atoms with Crippen LogP contribution in [0.1, 0.15) is 43.4 Å². The first-order valence-corrected chi connectivity index (χ1v) is 7.36. The number of ether oxygens (including phenoxy) is 1. The van der Waals surface area contributed by atoms with E-state index in [1.165, 1.54) is 32.1 Å². The number of pyridine rings is 1. The fourth-order valence-electron chi connectivity index (χ4n) is 2.41. The number of halogens is 1. The van der Waals surface area contributed by atoms with E-state index >= 15 is 0 Å². The summed E-state index contributed by atoms with van der Waals surface area (Å²) in [6, 6.07) is 3.93. The Bertz CT molecular complexity index is 514. The Morgan fingerprint density at radius 2 is 2.16 bits per heavy atom. The van der Waals surface area contributed by atoms with Crippen LogP contribution in [-0.2, 0) is 0 Å². The van der Waals surface area contributed by atoms with E-state index in [0.29, 0.717) is 22.0 Å². The second-order valence-corrected chi connectivity index (χ2v) is 5.64. The van der Waals surface area contributed by atoms with Gasteiger partial charge in [-0.25, -0.2) is 4.98 Å². The SMILES string of the molecule is COc1nc(C#N)c(Br)cc1/C=C/C1CCCCC1. The summed E-state index contributed by atoms with van der Waals surface area (Å²) in [7, 11) is 1.58. The molecule has 0 atom stereocenters. The van der Waals surface area contributed by atoms with Gasteiger partial charge in [-0.05, 0) is 40.8 Å². The Morgan fingerprint density at radius 3 is 2.79 bits per heavy atom. The van der Waals surface area contributed by atoms with Gasteiger partial charge in [0.05, 0.1) is 11.6 Å². The van der Waals surface area contributed by atoms with Crippen LogP contribution in [0.5, 0.6) is 5.88 Å². The molecule has 19 heavy (non-hydrogen) atoms. The highest BCUT2D eigenvalue weighted by molar-refractivity contribution is 9.10. The van der Waals surface area contributed by atoms with Crippen LogP contribution in [0.4, 0.5) is 0 Å². The molecule has 4 heteroatoms. The van der Waals surface area contributed by atoms with Crippen molar-refractivity contribution in [1.82, 2.24) is 4.98 Å². The van der Waals surface area contributed by atoms with Crippen molar-refractivity contribution in [3.05, 3.63) is 27.9 Å². The van der Waals surface area contributed by atoms with Crippen LogP contribution in [0.3, 0.4) is 0 Å². The minimum atomic E-state index is 0.353. The zero-order valence-electron chi connectivity index (χ0n) is 11.0. The van der Waals surface area contributed by atoms with Crippen molar-refractivity contribution in [2.75, 3.05) is 7.11 Å². The van der Waals surface area contributed by atoms with Gasteiger partial charge < -0.3 is 4.74 Å². The normalized spacial score (nSPS) is 16.5. The van der Waals surface area contributed by atoms with Crippen molar-refractivity contribution in [1.29, 1.82) is 5.26 Å². The van der Waals surface area contributed by atoms with Gasteiger partial charge in [0.1, 0.15) is 6.07 Å². The highest BCUT2D eigenvalue weighted by Crippen LogP contribution is 2.28. The minimum Gasteiger partial charge on any atom is -0.481 e. The van der Waals surface area contributed by atoms with Gasteiger partial charge in [-0.15, -0.1) is 0 Å². The molecule has 1 aromatic heterocycles. The first-order chi connectivity index (χ1) is 9.24. The molecule has 1 saturated carbocycles. The quantitative estimate of drug-likeness (QED) is 0.833. The number of allylic oxidation sites excluding steroid dienone is 1. The van der Waals surface area contributed by atoms with E-state index in [0.717, 1.165) is 5.56 Å². The topological polar surface area (TPSA) is 45.9 Å². The smallest absolute Gasteiger partial charge is 0.221 e. The molecule has 0 aliphatic heterocycles. The summed E-state index contributed by atoms with van der Waals surface area (Å²) in [5.74, 6) is 1.17. The molecule has 100 valence electrons. The number of hydrogen-bond acceptors (Lipinski definition) is 3. The number of nitrogens with zero attached hydrogens (tertiary/aromatic N) is 2. The highest BCUT2D eigenvalue weighted by Gasteiger charge is 2.12. The molecule has 0 amide bonds. The van der Waals surface area contributed by atoms with E-state index in [9.17, 15) is 0 Å².